The van der Waals surface area contributed by atoms with Crippen LogP contribution in [0.2, 0.25) is 0 Å². The van der Waals surface area contributed by atoms with E-state index in [0.29, 0.717) is 17.3 Å². The van der Waals surface area contributed by atoms with E-state index in [4.69, 9.17) is 0 Å². The zero-order chi connectivity index (χ0) is 21.7. The summed E-state index contributed by atoms with van der Waals surface area (Å²) in [6, 6.07) is 0. The molecular formula is C27H46O3. The minimum absolute atomic E-state index is 0.130. The van der Waals surface area contributed by atoms with Gasteiger partial charge in [0.05, 0.1) is 11.7 Å². The molecule has 3 heteroatoms. The van der Waals surface area contributed by atoms with Crippen molar-refractivity contribution in [1.82, 2.24) is 0 Å². The zero-order valence-electron chi connectivity index (χ0n) is 19.9. The van der Waals surface area contributed by atoms with E-state index < -0.39 is 5.60 Å². The van der Waals surface area contributed by atoms with Crippen molar-refractivity contribution in [3.8, 4) is 0 Å². The van der Waals surface area contributed by atoms with Crippen LogP contribution in [0.15, 0.2) is 11.6 Å². The quantitative estimate of drug-likeness (QED) is 0.501. The number of fused-ring (bicyclic) bond motifs is 5. The predicted molar refractivity (Wildman–Crippen MR) is 122 cm³/mol. The average Bonchev–Trinajstić information content (AvgIpc) is 3.06. The van der Waals surface area contributed by atoms with Gasteiger partial charge in [-0.05, 0) is 112 Å². The third-order valence-corrected chi connectivity index (χ3v) is 10.5. The maximum absolute atomic E-state index is 11.6. The van der Waals surface area contributed by atoms with E-state index in [2.05, 4.69) is 33.8 Å². The van der Waals surface area contributed by atoms with Gasteiger partial charge in [0.15, 0.2) is 0 Å². The number of hydrogen-bond donors (Lipinski definition) is 3. The zero-order valence-corrected chi connectivity index (χ0v) is 19.9. The molecule has 3 saturated carbocycles. The van der Waals surface area contributed by atoms with E-state index >= 15 is 0 Å². The Morgan fingerprint density at radius 3 is 2.63 bits per heavy atom. The Hall–Kier alpha value is -0.380. The molecule has 0 radical (unpaired) electrons. The van der Waals surface area contributed by atoms with Crippen LogP contribution in [0.3, 0.4) is 0 Å². The van der Waals surface area contributed by atoms with Crippen LogP contribution in [0.5, 0.6) is 0 Å². The summed E-state index contributed by atoms with van der Waals surface area (Å²) in [6.07, 6.45) is 14.4. The van der Waals surface area contributed by atoms with Crippen molar-refractivity contribution in [2.75, 3.05) is 6.61 Å². The number of aliphatic hydroxyl groups excluding tert-OH is 2. The molecule has 1 unspecified atom stereocenters. The number of hydrogen-bond acceptors (Lipinski definition) is 3. The number of aliphatic hydroxyl groups is 3. The van der Waals surface area contributed by atoms with E-state index in [1.807, 2.05) is 0 Å². The van der Waals surface area contributed by atoms with Gasteiger partial charge in [-0.25, -0.2) is 0 Å². The molecule has 0 saturated heterocycles. The molecule has 0 bridgehead atoms. The SMILES string of the molecule is CC(CO)CCC[C@](C)(O)[C@H]1CC[C@H]2[C@@H]3CC=C4C[C@@H](O)CC[C@]4(C)[C@H]3CC[C@@]21C. The average molecular weight is 419 g/mol. The summed E-state index contributed by atoms with van der Waals surface area (Å²) in [5.74, 6) is 2.97. The van der Waals surface area contributed by atoms with E-state index in [0.717, 1.165) is 56.3 Å². The molecule has 3 fully saturated rings. The summed E-state index contributed by atoms with van der Waals surface area (Å²) < 4.78 is 0. The lowest BCUT2D eigenvalue weighted by atomic mass is 9.46. The van der Waals surface area contributed by atoms with Crippen molar-refractivity contribution in [2.45, 2.75) is 110 Å². The summed E-state index contributed by atoms with van der Waals surface area (Å²) in [4.78, 5) is 0. The molecule has 9 atom stereocenters. The van der Waals surface area contributed by atoms with E-state index in [9.17, 15) is 15.3 Å². The van der Waals surface area contributed by atoms with Crippen LogP contribution >= 0.6 is 0 Å². The maximum atomic E-state index is 11.6. The van der Waals surface area contributed by atoms with Gasteiger partial charge in [-0.2, -0.15) is 0 Å². The first-order valence-electron chi connectivity index (χ1n) is 12.8. The van der Waals surface area contributed by atoms with Crippen molar-refractivity contribution < 1.29 is 15.3 Å². The summed E-state index contributed by atoms with van der Waals surface area (Å²) in [7, 11) is 0. The van der Waals surface area contributed by atoms with Gasteiger partial charge in [-0.3, -0.25) is 0 Å². The van der Waals surface area contributed by atoms with Gasteiger partial charge in [0.1, 0.15) is 0 Å². The van der Waals surface area contributed by atoms with Gasteiger partial charge < -0.3 is 15.3 Å². The Bertz CT molecular complexity index is 654. The Balaban J connectivity index is 1.50. The molecule has 172 valence electrons. The first-order chi connectivity index (χ1) is 14.1. The van der Waals surface area contributed by atoms with Gasteiger partial charge in [0.25, 0.3) is 0 Å². The molecule has 3 N–H and O–H groups in total. The van der Waals surface area contributed by atoms with Crippen molar-refractivity contribution in [3.63, 3.8) is 0 Å². The van der Waals surface area contributed by atoms with Crippen LogP contribution in [0, 0.1) is 40.4 Å². The molecule has 0 aromatic heterocycles. The van der Waals surface area contributed by atoms with Crippen LogP contribution < -0.4 is 0 Å². The number of allylic oxidation sites excluding steroid dienone is 1. The highest BCUT2D eigenvalue weighted by Crippen LogP contribution is 2.67. The Kier molecular flexibility index (Phi) is 6.23. The predicted octanol–water partition coefficient (Wildman–Crippen LogP) is 5.48. The van der Waals surface area contributed by atoms with Crippen LogP contribution in [0.1, 0.15) is 98.3 Å². The van der Waals surface area contributed by atoms with Crippen LogP contribution in [0.4, 0.5) is 0 Å². The molecule has 4 aliphatic carbocycles. The van der Waals surface area contributed by atoms with E-state index in [1.54, 1.807) is 5.57 Å². The fourth-order valence-electron chi connectivity index (χ4n) is 8.74. The smallest absolute Gasteiger partial charge is 0.0653 e. The van der Waals surface area contributed by atoms with Crippen molar-refractivity contribution in [3.05, 3.63) is 11.6 Å². The topological polar surface area (TPSA) is 60.7 Å². The fraction of sp³-hybridized carbons (Fsp3) is 0.926. The molecular weight excluding hydrogens is 372 g/mol. The maximum Gasteiger partial charge on any atom is 0.0653 e. The summed E-state index contributed by atoms with van der Waals surface area (Å²) in [5.41, 5.74) is 1.50. The van der Waals surface area contributed by atoms with Crippen molar-refractivity contribution >= 4 is 0 Å². The van der Waals surface area contributed by atoms with Crippen LogP contribution in [-0.4, -0.2) is 33.6 Å². The van der Waals surface area contributed by atoms with Crippen molar-refractivity contribution in [1.29, 1.82) is 0 Å². The molecule has 4 aliphatic rings. The first kappa shape index (κ1) is 22.8. The number of rotatable bonds is 6. The lowest BCUT2D eigenvalue weighted by Gasteiger charge is -2.59. The third kappa shape index (κ3) is 3.71. The Morgan fingerprint density at radius 2 is 1.90 bits per heavy atom. The molecule has 0 aromatic rings. The van der Waals surface area contributed by atoms with Gasteiger partial charge >= 0.3 is 0 Å². The molecule has 0 spiro atoms. The molecule has 0 aliphatic heterocycles. The lowest BCUT2D eigenvalue weighted by molar-refractivity contribution is -0.105. The highest BCUT2D eigenvalue weighted by Gasteiger charge is 2.61. The first-order valence-corrected chi connectivity index (χ1v) is 12.8. The molecule has 0 amide bonds. The van der Waals surface area contributed by atoms with Crippen molar-refractivity contribution in [2.24, 2.45) is 40.4 Å². The molecule has 30 heavy (non-hydrogen) atoms. The third-order valence-electron chi connectivity index (χ3n) is 10.5. The van der Waals surface area contributed by atoms with E-state index in [-0.39, 0.29) is 18.1 Å². The second-order valence-corrected chi connectivity index (χ2v) is 12.4. The highest BCUT2D eigenvalue weighted by molar-refractivity contribution is 5.25. The molecule has 4 rings (SSSR count). The molecule has 0 aromatic carbocycles. The van der Waals surface area contributed by atoms with E-state index in [1.165, 1.54) is 32.1 Å². The fourth-order valence-corrected chi connectivity index (χ4v) is 8.74. The standard InChI is InChI=1S/C27H46O3/c1-18(17-28)6-5-13-27(4,30)24-10-9-22-21-8-7-19-16-20(29)11-14-25(19,2)23(21)12-15-26(22,24)3/h7,18,20-24,28-30H,5-6,8-17H2,1-4H3/t18?,20-,21-,22-,23-,24-,25-,26-,27-/m0/s1. The van der Waals surface area contributed by atoms with Gasteiger partial charge in [0, 0.05) is 6.61 Å². The van der Waals surface area contributed by atoms with Crippen LogP contribution in [0.25, 0.3) is 0 Å². The molecule has 0 heterocycles. The summed E-state index contributed by atoms with van der Waals surface area (Å²) in [6.45, 7) is 9.44. The minimum atomic E-state index is -0.597. The van der Waals surface area contributed by atoms with Crippen LogP contribution in [-0.2, 0) is 0 Å². The molecule has 3 nitrogen and oxygen atoms in total. The minimum Gasteiger partial charge on any atom is -0.396 e. The van der Waals surface area contributed by atoms with Gasteiger partial charge in [0.2, 0.25) is 0 Å². The summed E-state index contributed by atoms with van der Waals surface area (Å²) >= 11 is 0. The second kappa shape index (κ2) is 8.19. The van der Waals surface area contributed by atoms with Gasteiger partial charge in [-0.15, -0.1) is 0 Å². The highest BCUT2D eigenvalue weighted by atomic mass is 16.3. The largest absolute Gasteiger partial charge is 0.396 e. The monoisotopic (exact) mass is 418 g/mol. The summed E-state index contributed by atoms with van der Waals surface area (Å²) in [5, 5.41) is 31.1. The lowest BCUT2D eigenvalue weighted by Crippen LogP contribution is -2.53. The van der Waals surface area contributed by atoms with Gasteiger partial charge in [-0.1, -0.05) is 38.8 Å². The Labute approximate surface area is 184 Å². The normalized spacial score (nSPS) is 46.2. The second-order valence-electron chi connectivity index (χ2n) is 12.4. The Morgan fingerprint density at radius 1 is 1.13 bits per heavy atom.